The molecule has 0 amide bonds. The molecule has 9 aromatic rings. The van der Waals surface area contributed by atoms with E-state index < -0.39 is 0 Å². The summed E-state index contributed by atoms with van der Waals surface area (Å²) in [4.78, 5) is 10.1. The Hall–Kier alpha value is -5.26. The van der Waals surface area contributed by atoms with Gasteiger partial charge in [0.15, 0.2) is 5.58 Å². The number of rotatable bonds is 3. The first-order valence-corrected chi connectivity index (χ1v) is 14.5. The topological polar surface area (TPSA) is 43.9 Å². The van der Waals surface area contributed by atoms with Crippen LogP contribution in [0.2, 0.25) is 0 Å². The summed E-state index contributed by atoms with van der Waals surface area (Å²) in [6.45, 7) is 0. The van der Waals surface area contributed by atoms with Crippen molar-refractivity contribution in [2.24, 2.45) is 0 Å². The maximum Gasteiger partial charge on any atom is 0.161 e. The molecule has 0 aliphatic carbocycles. The molecular weight excluding hydrogens is 522 g/mol. The first kappa shape index (κ1) is 22.5. The molecule has 5 aromatic carbocycles. The van der Waals surface area contributed by atoms with Crippen molar-refractivity contribution in [1.82, 2.24) is 14.5 Å². The third kappa shape index (κ3) is 3.27. The van der Waals surface area contributed by atoms with E-state index in [1.165, 1.54) is 0 Å². The van der Waals surface area contributed by atoms with Gasteiger partial charge >= 0.3 is 0 Å². The Labute approximate surface area is 238 Å². The van der Waals surface area contributed by atoms with Crippen LogP contribution in [0.3, 0.4) is 0 Å². The maximum atomic E-state index is 6.71. The van der Waals surface area contributed by atoms with Gasteiger partial charge in [0.05, 0.1) is 38.3 Å². The van der Waals surface area contributed by atoms with Gasteiger partial charge in [-0.3, -0.25) is 0 Å². The summed E-state index contributed by atoms with van der Waals surface area (Å²) in [6, 6.07) is 42.0. The van der Waals surface area contributed by atoms with Crippen LogP contribution in [-0.2, 0) is 0 Å². The van der Waals surface area contributed by atoms with E-state index in [1.54, 1.807) is 11.3 Å². The van der Waals surface area contributed by atoms with Gasteiger partial charge in [-0.1, -0.05) is 97.1 Å². The van der Waals surface area contributed by atoms with Crippen molar-refractivity contribution in [3.8, 4) is 28.2 Å². The van der Waals surface area contributed by atoms with Gasteiger partial charge in [-0.25, -0.2) is 9.97 Å². The van der Waals surface area contributed by atoms with Gasteiger partial charge < -0.3 is 8.98 Å². The van der Waals surface area contributed by atoms with E-state index in [0.29, 0.717) is 0 Å². The van der Waals surface area contributed by atoms with Gasteiger partial charge in [0.1, 0.15) is 11.1 Å². The van der Waals surface area contributed by atoms with Gasteiger partial charge in [0, 0.05) is 32.7 Å². The predicted molar refractivity (Wildman–Crippen MR) is 170 cm³/mol. The minimum absolute atomic E-state index is 0.881. The lowest BCUT2D eigenvalue weighted by Crippen LogP contribution is -1.98. The Morgan fingerprint density at radius 2 is 1.27 bits per heavy atom. The minimum atomic E-state index is 0.881. The van der Waals surface area contributed by atoms with Crippen LogP contribution < -0.4 is 0 Å². The van der Waals surface area contributed by atoms with E-state index in [1.807, 2.05) is 23.7 Å². The zero-order valence-electron chi connectivity index (χ0n) is 21.8. The molecule has 192 valence electrons. The molecule has 0 radical (unpaired) electrons. The monoisotopic (exact) mass is 543 g/mol. The number of para-hydroxylation sites is 2. The highest BCUT2D eigenvalue weighted by Crippen LogP contribution is 2.46. The van der Waals surface area contributed by atoms with Crippen LogP contribution in [0.5, 0.6) is 0 Å². The molecule has 0 aliphatic heterocycles. The van der Waals surface area contributed by atoms with Crippen molar-refractivity contribution in [3.05, 3.63) is 127 Å². The third-order valence-electron chi connectivity index (χ3n) is 7.92. The number of pyridine rings is 1. The molecule has 9 rings (SSSR count). The van der Waals surface area contributed by atoms with E-state index in [4.69, 9.17) is 14.4 Å². The van der Waals surface area contributed by atoms with Crippen LogP contribution >= 0.6 is 11.3 Å². The fraction of sp³-hybridized carbons (Fsp3) is 0. The normalized spacial score (nSPS) is 11.9. The Morgan fingerprint density at radius 3 is 2.00 bits per heavy atom. The fourth-order valence-corrected chi connectivity index (χ4v) is 7.01. The molecular formula is C36H21N3OS. The average Bonchev–Trinajstić information content (AvgIpc) is 3.75. The fourth-order valence-electron chi connectivity index (χ4n) is 6.16. The van der Waals surface area contributed by atoms with Crippen LogP contribution in [0.1, 0.15) is 0 Å². The Kier molecular flexibility index (Phi) is 4.74. The summed E-state index contributed by atoms with van der Waals surface area (Å²) in [6.07, 6.45) is 0. The summed E-state index contributed by atoms with van der Waals surface area (Å²) in [5.41, 5.74) is 11.9. The average molecular weight is 544 g/mol. The van der Waals surface area contributed by atoms with E-state index in [-0.39, 0.29) is 0 Å². The molecule has 0 fully saturated rings. The number of benzene rings is 5. The lowest BCUT2D eigenvalue weighted by molar-refractivity contribution is 0.671. The van der Waals surface area contributed by atoms with Crippen LogP contribution in [0, 0.1) is 0 Å². The number of hydrogen-bond donors (Lipinski definition) is 0. The lowest BCUT2D eigenvalue weighted by atomic mass is 10.1. The number of fused-ring (bicyclic) bond motifs is 10. The second kappa shape index (κ2) is 8.62. The van der Waals surface area contributed by atoms with Crippen LogP contribution in [0.25, 0.3) is 82.2 Å². The molecule has 4 aromatic heterocycles. The molecule has 0 saturated heterocycles. The number of thiazole rings is 1. The molecule has 0 spiro atoms. The van der Waals surface area contributed by atoms with Gasteiger partial charge in [-0.05, 0) is 24.3 Å². The van der Waals surface area contributed by atoms with E-state index >= 15 is 0 Å². The van der Waals surface area contributed by atoms with Crippen molar-refractivity contribution < 1.29 is 4.42 Å². The van der Waals surface area contributed by atoms with Crippen molar-refractivity contribution in [2.75, 3.05) is 0 Å². The summed E-state index contributed by atoms with van der Waals surface area (Å²) in [5.74, 6) is 0. The molecule has 4 heterocycles. The predicted octanol–water partition coefficient (Wildman–Crippen LogP) is 10.0. The largest absolute Gasteiger partial charge is 0.454 e. The molecule has 0 aliphatic rings. The van der Waals surface area contributed by atoms with Crippen LogP contribution in [0.15, 0.2) is 131 Å². The first-order valence-electron chi connectivity index (χ1n) is 13.6. The summed E-state index contributed by atoms with van der Waals surface area (Å²) < 4.78 is 10.2. The number of nitrogens with zero attached hydrogens (tertiary/aromatic N) is 3. The van der Waals surface area contributed by atoms with Gasteiger partial charge in [-0.2, -0.15) is 0 Å². The molecule has 41 heavy (non-hydrogen) atoms. The first-order chi connectivity index (χ1) is 20.3. The number of aromatic nitrogens is 3. The second-order valence-corrected chi connectivity index (χ2v) is 11.1. The molecule has 0 unspecified atom stereocenters. The minimum Gasteiger partial charge on any atom is -0.454 e. The second-order valence-electron chi connectivity index (χ2n) is 10.2. The zero-order chi connectivity index (χ0) is 26.9. The van der Waals surface area contributed by atoms with Crippen LogP contribution in [-0.4, -0.2) is 14.5 Å². The van der Waals surface area contributed by atoms with Crippen molar-refractivity contribution in [1.29, 1.82) is 0 Å². The Morgan fingerprint density at radius 1 is 0.634 bits per heavy atom. The van der Waals surface area contributed by atoms with Crippen molar-refractivity contribution >= 4 is 65.3 Å². The number of furan rings is 1. The van der Waals surface area contributed by atoms with Crippen LogP contribution in [0.4, 0.5) is 0 Å². The third-order valence-corrected chi connectivity index (χ3v) is 8.77. The summed E-state index contributed by atoms with van der Waals surface area (Å²) >= 11 is 1.67. The Bertz CT molecular complexity index is 2360. The Balaban J connectivity index is 1.49. The van der Waals surface area contributed by atoms with Gasteiger partial charge in [-0.15, -0.1) is 11.3 Å². The quantitative estimate of drug-likeness (QED) is 0.223. The molecule has 4 nitrogen and oxygen atoms in total. The standard InChI is InChI=1S/C36H21N3OS/c1-3-11-22(12-4-1)27-19-24(20-28(38-27)23-13-5-2-6-14-23)39-29-17-9-7-15-25(29)31-33-36(41-21-37-33)32-26-16-8-10-18-30(26)40-35(32)34(31)39/h1-21H. The van der Waals surface area contributed by atoms with E-state index in [9.17, 15) is 0 Å². The van der Waals surface area contributed by atoms with Gasteiger partial charge in [0.25, 0.3) is 0 Å². The molecule has 0 N–H and O–H groups in total. The van der Waals surface area contributed by atoms with E-state index in [2.05, 4.69) is 108 Å². The highest BCUT2D eigenvalue weighted by molar-refractivity contribution is 7.18. The lowest BCUT2D eigenvalue weighted by Gasteiger charge is -2.13. The van der Waals surface area contributed by atoms with Crippen molar-refractivity contribution in [3.63, 3.8) is 0 Å². The SMILES string of the molecule is c1ccc(-c2cc(-n3c4ccccc4c4c5ncsc5c5c6ccccc6oc5c43)cc(-c3ccccc3)n2)cc1. The van der Waals surface area contributed by atoms with Crippen molar-refractivity contribution in [2.45, 2.75) is 0 Å². The smallest absolute Gasteiger partial charge is 0.161 e. The summed E-state index contributed by atoms with van der Waals surface area (Å²) in [7, 11) is 0. The zero-order valence-corrected chi connectivity index (χ0v) is 22.6. The maximum absolute atomic E-state index is 6.71. The molecule has 0 saturated carbocycles. The molecule has 5 heteroatoms. The molecule has 0 bridgehead atoms. The summed E-state index contributed by atoms with van der Waals surface area (Å²) in [5, 5.41) is 4.50. The highest BCUT2D eigenvalue weighted by atomic mass is 32.1. The highest BCUT2D eigenvalue weighted by Gasteiger charge is 2.24. The van der Waals surface area contributed by atoms with Gasteiger partial charge in [0.2, 0.25) is 0 Å². The van der Waals surface area contributed by atoms with E-state index in [0.717, 1.165) is 82.2 Å². The molecule has 0 atom stereocenters. The number of hydrogen-bond acceptors (Lipinski definition) is 4.